The normalized spacial score (nSPS) is 16.6. The van der Waals surface area contributed by atoms with Crippen LogP contribution in [0.2, 0.25) is 5.02 Å². The molecule has 0 amide bonds. The van der Waals surface area contributed by atoms with Crippen molar-refractivity contribution in [1.29, 1.82) is 0 Å². The second-order valence-corrected chi connectivity index (χ2v) is 6.25. The Morgan fingerprint density at radius 3 is 2.68 bits per heavy atom. The van der Waals surface area contributed by atoms with Gasteiger partial charge in [-0.1, -0.05) is 48.0 Å². The predicted octanol–water partition coefficient (Wildman–Crippen LogP) is 4.27. The summed E-state index contributed by atoms with van der Waals surface area (Å²) in [7, 11) is 0. The highest BCUT2D eigenvalue weighted by Gasteiger charge is 2.24. The Kier molecular flexibility index (Phi) is 3.40. The topological polar surface area (TPSA) is 21.1 Å². The van der Waals surface area contributed by atoms with Crippen molar-refractivity contribution in [2.45, 2.75) is 26.1 Å². The minimum atomic E-state index is 0.394. The Labute approximate surface area is 135 Å². The molecule has 0 saturated carbocycles. The number of imidazole rings is 1. The largest absolute Gasteiger partial charge is 0.324 e. The average Bonchev–Trinajstić information content (AvgIpc) is 2.93. The van der Waals surface area contributed by atoms with E-state index in [2.05, 4.69) is 46.7 Å². The molecule has 3 nitrogen and oxygen atoms in total. The van der Waals surface area contributed by atoms with Crippen LogP contribution in [0.1, 0.15) is 24.4 Å². The fourth-order valence-electron chi connectivity index (χ4n) is 3.31. The van der Waals surface area contributed by atoms with E-state index in [0.717, 1.165) is 41.5 Å². The number of nitrogens with zero attached hydrogens (tertiary/aromatic N) is 3. The van der Waals surface area contributed by atoms with Gasteiger partial charge in [-0.25, -0.2) is 4.98 Å². The van der Waals surface area contributed by atoms with E-state index >= 15 is 0 Å². The Hall–Kier alpha value is -1.84. The Morgan fingerprint density at radius 2 is 1.86 bits per heavy atom. The Bertz CT molecular complexity index is 810. The maximum atomic E-state index is 6.36. The number of fused-ring (bicyclic) bond motifs is 3. The van der Waals surface area contributed by atoms with Gasteiger partial charge in [-0.3, -0.25) is 4.90 Å². The Balaban J connectivity index is 1.67. The molecule has 0 unspecified atom stereocenters. The van der Waals surface area contributed by atoms with Crippen LogP contribution in [0.4, 0.5) is 0 Å². The van der Waals surface area contributed by atoms with Gasteiger partial charge in [-0.15, -0.1) is 0 Å². The molecule has 0 saturated heterocycles. The lowest BCUT2D eigenvalue weighted by molar-refractivity contribution is 0.165. The molecule has 0 bridgehead atoms. The maximum absolute atomic E-state index is 6.36. The van der Waals surface area contributed by atoms with Crippen molar-refractivity contribution in [3.05, 3.63) is 64.9 Å². The van der Waals surface area contributed by atoms with Gasteiger partial charge in [0.05, 0.1) is 22.6 Å². The molecule has 0 spiro atoms. The van der Waals surface area contributed by atoms with Gasteiger partial charge in [0, 0.05) is 19.1 Å². The van der Waals surface area contributed by atoms with Crippen molar-refractivity contribution in [3.63, 3.8) is 0 Å². The highest BCUT2D eigenvalue weighted by Crippen LogP contribution is 2.30. The van der Waals surface area contributed by atoms with E-state index in [0.29, 0.717) is 6.04 Å². The van der Waals surface area contributed by atoms with Gasteiger partial charge in [0.15, 0.2) is 0 Å². The quantitative estimate of drug-likeness (QED) is 0.705. The minimum absolute atomic E-state index is 0.394. The molecule has 22 heavy (non-hydrogen) atoms. The Morgan fingerprint density at radius 1 is 1.05 bits per heavy atom. The van der Waals surface area contributed by atoms with Gasteiger partial charge in [-0.05, 0) is 24.6 Å². The smallest absolute Gasteiger partial charge is 0.124 e. The van der Waals surface area contributed by atoms with Crippen LogP contribution in [0.15, 0.2) is 48.5 Å². The molecule has 3 aromatic rings. The van der Waals surface area contributed by atoms with Gasteiger partial charge in [-0.2, -0.15) is 0 Å². The summed E-state index contributed by atoms with van der Waals surface area (Å²) in [4.78, 5) is 7.25. The first-order valence-corrected chi connectivity index (χ1v) is 8.04. The van der Waals surface area contributed by atoms with E-state index < -0.39 is 0 Å². The summed E-state index contributed by atoms with van der Waals surface area (Å²) < 4.78 is 2.27. The van der Waals surface area contributed by atoms with E-state index in [1.807, 2.05) is 18.2 Å². The van der Waals surface area contributed by atoms with Crippen molar-refractivity contribution >= 4 is 22.6 Å². The molecular formula is C18H18ClN3. The standard InChI is InChI=1S/C18H18ClN3/c1-13(14-6-3-2-4-7-14)21-10-11-22-17(12-21)20-16-9-5-8-15(19)18(16)22/h2-9,13H,10-12H2,1H3/t13-/m1/s1. The summed E-state index contributed by atoms with van der Waals surface area (Å²) in [5, 5.41) is 0.792. The molecule has 2 aromatic carbocycles. The third-order valence-electron chi connectivity index (χ3n) is 4.58. The number of halogens is 1. The summed E-state index contributed by atoms with van der Waals surface area (Å²) in [5.41, 5.74) is 3.42. The lowest BCUT2D eigenvalue weighted by atomic mass is 10.1. The zero-order valence-corrected chi connectivity index (χ0v) is 13.3. The first-order chi connectivity index (χ1) is 10.7. The van der Waals surface area contributed by atoms with E-state index in [4.69, 9.17) is 16.6 Å². The molecule has 4 heteroatoms. The summed E-state index contributed by atoms with van der Waals surface area (Å²) in [6.07, 6.45) is 0. The van der Waals surface area contributed by atoms with Crippen LogP contribution in [-0.2, 0) is 13.1 Å². The molecule has 0 N–H and O–H groups in total. The van der Waals surface area contributed by atoms with Crippen LogP contribution in [0, 0.1) is 0 Å². The van der Waals surface area contributed by atoms with Crippen molar-refractivity contribution in [2.24, 2.45) is 0 Å². The third-order valence-corrected chi connectivity index (χ3v) is 4.89. The van der Waals surface area contributed by atoms with Crippen LogP contribution >= 0.6 is 11.6 Å². The number of benzene rings is 2. The first kappa shape index (κ1) is 13.8. The van der Waals surface area contributed by atoms with E-state index in [1.54, 1.807) is 0 Å². The summed E-state index contributed by atoms with van der Waals surface area (Å²) >= 11 is 6.36. The molecule has 0 radical (unpaired) electrons. The van der Waals surface area contributed by atoms with Gasteiger partial charge < -0.3 is 4.57 Å². The highest BCUT2D eigenvalue weighted by atomic mass is 35.5. The molecular weight excluding hydrogens is 294 g/mol. The van der Waals surface area contributed by atoms with Gasteiger partial charge in [0.25, 0.3) is 0 Å². The monoisotopic (exact) mass is 311 g/mol. The van der Waals surface area contributed by atoms with Crippen LogP contribution in [0.5, 0.6) is 0 Å². The molecule has 112 valence electrons. The number of para-hydroxylation sites is 1. The molecule has 0 fully saturated rings. The second kappa shape index (κ2) is 5.41. The van der Waals surface area contributed by atoms with Gasteiger partial charge in [0.1, 0.15) is 5.82 Å². The number of hydrogen-bond donors (Lipinski definition) is 0. The van der Waals surface area contributed by atoms with Crippen molar-refractivity contribution in [1.82, 2.24) is 14.5 Å². The molecule has 1 aromatic heterocycles. The zero-order chi connectivity index (χ0) is 15.1. The highest BCUT2D eigenvalue weighted by molar-refractivity contribution is 6.35. The third kappa shape index (κ3) is 2.21. The van der Waals surface area contributed by atoms with E-state index in [9.17, 15) is 0 Å². The van der Waals surface area contributed by atoms with Crippen molar-refractivity contribution < 1.29 is 0 Å². The summed E-state index contributed by atoms with van der Waals surface area (Å²) in [6, 6.07) is 17.0. The number of hydrogen-bond acceptors (Lipinski definition) is 2. The fourth-order valence-corrected chi connectivity index (χ4v) is 3.59. The van der Waals surface area contributed by atoms with Crippen LogP contribution in [-0.4, -0.2) is 21.0 Å². The fraction of sp³-hybridized carbons (Fsp3) is 0.278. The SMILES string of the molecule is C[C@H](c1ccccc1)N1CCn2c(nc3cccc(Cl)c32)C1. The minimum Gasteiger partial charge on any atom is -0.324 e. The maximum Gasteiger partial charge on any atom is 0.124 e. The van der Waals surface area contributed by atoms with Crippen LogP contribution in [0.25, 0.3) is 11.0 Å². The number of rotatable bonds is 2. The summed E-state index contributed by atoms with van der Waals surface area (Å²) in [5.74, 6) is 1.11. The van der Waals surface area contributed by atoms with Crippen LogP contribution in [0.3, 0.4) is 0 Å². The average molecular weight is 312 g/mol. The van der Waals surface area contributed by atoms with Crippen molar-refractivity contribution in [3.8, 4) is 0 Å². The van der Waals surface area contributed by atoms with E-state index in [1.165, 1.54) is 5.56 Å². The molecule has 4 rings (SSSR count). The molecule has 1 atom stereocenters. The van der Waals surface area contributed by atoms with E-state index in [-0.39, 0.29) is 0 Å². The molecule has 2 heterocycles. The summed E-state index contributed by atoms with van der Waals surface area (Å²) in [6.45, 7) is 5.08. The lowest BCUT2D eigenvalue weighted by Crippen LogP contribution is -2.35. The molecule has 0 aliphatic carbocycles. The first-order valence-electron chi connectivity index (χ1n) is 7.66. The lowest BCUT2D eigenvalue weighted by Gasteiger charge is -2.33. The molecule has 1 aliphatic rings. The second-order valence-electron chi connectivity index (χ2n) is 5.84. The van der Waals surface area contributed by atoms with Gasteiger partial charge in [0.2, 0.25) is 0 Å². The molecule has 1 aliphatic heterocycles. The van der Waals surface area contributed by atoms with Gasteiger partial charge >= 0.3 is 0 Å². The van der Waals surface area contributed by atoms with Crippen molar-refractivity contribution in [2.75, 3.05) is 6.54 Å². The van der Waals surface area contributed by atoms with Crippen LogP contribution < -0.4 is 0 Å². The predicted molar refractivity (Wildman–Crippen MR) is 90.0 cm³/mol. The zero-order valence-electron chi connectivity index (χ0n) is 12.5. The number of aromatic nitrogens is 2.